The molecule has 0 radical (unpaired) electrons. The maximum absolute atomic E-state index is 12.1. The molecule has 0 aromatic heterocycles. The number of rotatable bonds is 2. The summed E-state index contributed by atoms with van der Waals surface area (Å²) in [6.07, 6.45) is 1.14. The van der Waals surface area contributed by atoms with Crippen LogP contribution in [0.5, 0.6) is 0 Å². The third kappa shape index (κ3) is 1.58. The van der Waals surface area contributed by atoms with Crippen LogP contribution in [0, 0.1) is 13.8 Å². The fourth-order valence-electron chi connectivity index (χ4n) is 1.71. The number of hydrogen-bond acceptors (Lipinski definition) is 3. The van der Waals surface area contributed by atoms with Crippen molar-refractivity contribution in [2.75, 3.05) is 0 Å². The summed E-state index contributed by atoms with van der Waals surface area (Å²) in [4.78, 5) is -0.611. The van der Waals surface area contributed by atoms with Gasteiger partial charge in [0.15, 0.2) is 9.84 Å². The normalized spacial score (nSPS) is 18.9. The molecule has 0 unspecified atom stereocenters. The average Bonchev–Trinajstić information content (AvgIpc) is 2.84. The van der Waals surface area contributed by atoms with Crippen molar-refractivity contribution in [3.05, 3.63) is 29.3 Å². The van der Waals surface area contributed by atoms with Gasteiger partial charge in [-0.2, -0.15) is 0 Å². The monoisotopic (exact) mass is 225 g/mol. The fourth-order valence-corrected chi connectivity index (χ4v) is 3.52. The molecule has 4 heteroatoms. The Morgan fingerprint density at radius 3 is 2.33 bits per heavy atom. The van der Waals surface area contributed by atoms with E-state index < -0.39 is 14.7 Å². The summed E-state index contributed by atoms with van der Waals surface area (Å²) in [5, 5.41) is 0. The van der Waals surface area contributed by atoms with E-state index in [4.69, 9.17) is 5.73 Å². The summed E-state index contributed by atoms with van der Waals surface area (Å²) in [5.74, 6) is 0. The Morgan fingerprint density at radius 2 is 1.87 bits per heavy atom. The molecule has 0 saturated heterocycles. The van der Waals surface area contributed by atoms with Gasteiger partial charge in [-0.3, -0.25) is 0 Å². The molecule has 1 aliphatic carbocycles. The van der Waals surface area contributed by atoms with Gasteiger partial charge in [0, 0.05) is 0 Å². The standard InChI is InChI=1S/C11H15NO2S/c1-8-3-4-10(9(2)7-8)15(13,14)11(12)5-6-11/h3-4,7H,5-6,12H2,1-2H3. The topological polar surface area (TPSA) is 60.2 Å². The van der Waals surface area contributed by atoms with Crippen LogP contribution in [0.4, 0.5) is 0 Å². The molecule has 2 N–H and O–H groups in total. The minimum absolute atomic E-state index is 0.383. The van der Waals surface area contributed by atoms with E-state index in [2.05, 4.69) is 0 Å². The zero-order valence-electron chi connectivity index (χ0n) is 8.95. The summed E-state index contributed by atoms with van der Waals surface area (Å²) in [7, 11) is -3.33. The van der Waals surface area contributed by atoms with E-state index in [0.29, 0.717) is 17.7 Å². The summed E-state index contributed by atoms with van der Waals surface area (Å²) < 4.78 is 24.2. The lowest BCUT2D eigenvalue weighted by Gasteiger charge is -2.13. The van der Waals surface area contributed by atoms with Gasteiger partial charge in [-0.1, -0.05) is 17.7 Å². The van der Waals surface area contributed by atoms with E-state index in [0.717, 1.165) is 11.1 Å². The lowest BCUT2D eigenvalue weighted by atomic mass is 10.2. The molecule has 0 aliphatic heterocycles. The molecule has 3 nitrogen and oxygen atoms in total. The van der Waals surface area contributed by atoms with Gasteiger partial charge < -0.3 is 5.73 Å². The van der Waals surface area contributed by atoms with Crippen LogP contribution in [0.15, 0.2) is 23.1 Å². The van der Waals surface area contributed by atoms with Crippen LogP contribution in [0.25, 0.3) is 0 Å². The number of aryl methyl sites for hydroxylation is 2. The Hall–Kier alpha value is -0.870. The van der Waals surface area contributed by atoms with Crippen molar-refractivity contribution in [1.29, 1.82) is 0 Å². The molecule has 15 heavy (non-hydrogen) atoms. The van der Waals surface area contributed by atoms with Gasteiger partial charge in [0.1, 0.15) is 4.87 Å². The zero-order chi connectivity index (χ0) is 11.3. The van der Waals surface area contributed by atoms with Crippen molar-refractivity contribution >= 4 is 9.84 Å². The molecule has 1 saturated carbocycles. The van der Waals surface area contributed by atoms with Crippen LogP contribution >= 0.6 is 0 Å². The number of benzene rings is 1. The molecule has 0 atom stereocenters. The van der Waals surface area contributed by atoms with Crippen LogP contribution in [-0.2, 0) is 9.84 Å². The van der Waals surface area contributed by atoms with Gasteiger partial charge in [0.2, 0.25) is 0 Å². The number of sulfone groups is 1. The average molecular weight is 225 g/mol. The molecule has 1 aromatic carbocycles. The van der Waals surface area contributed by atoms with Crippen molar-refractivity contribution in [3.63, 3.8) is 0 Å². The van der Waals surface area contributed by atoms with Gasteiger partial charge in [-0.25, -0.2) is 8.42 Å². The van der Waals surface area contributed by atoms with Crippen molar-refractivity contribution in [2.45, 2.75) is 36.5 Å². The minimum Gasteiger partial charge on any atom is -0.312 e. The van der Waals surface area contributed by atoms with Crippen LogP contribution in [0.2, 0.25) is 0 Å². The molecule has 82 valence electrons. The second-order valence-corrected chi connectivity index (χ2v) is 6.60. The van der Waals surface area contributed by atoms with Crippen LogP contribution in [0.1, 0.15) is 24.0 Å². The molecule has 0 bridgehead atoms. The lowest BCUT2D eigenvalue weighted by molar-refractivity contribution is 0.578. The first kappa shape index (κ1) is 10.6. The van der Waals surface area contributed by atoms with Gasteiger partial charge in [-0.05, 0) is 38.3 Å². The molecule has 1 fully saturated rings. The molecule has 1 aromatic rings. The molecular formula is C11H15NO2S. The Kier molecular flexibility index (Phi) is 2.17. The van der Waals surface area contributed by atoms with E-state index in [9.17, 15) is 8.42 Å². The first-order chi connectivity index (χ1) is 6.87. The minimum atomic E-state index is -3.33. The Labute approximate surface area is 90.2 Å². The van der Waals surface area contributed by atoms with E-state index >= 15 is 0 Å². The van der Waals surface area contributed by atoms with Crippen LogP contribution < -0.4 is 5.73 Å². The van der Waals surface area contributed by atoms with Gasteiger partial charge in [-0.15, -0.1) is 0 Å². The highest BCUT2D eigenvalue weighted by Crippen LogP contribution is 2.42. The maximum atomic E-state index is 12.1. The highest BCUT2D eigenvalue weighted by Gasteiger charge is 2.52. The number of nitrogens with two attached hydrogens (primary N) is 1. The summed E-state index contributed by atoms with van der Waals surface area (Å²) in [5.41, 5.74) is 7.62. The van der Waals surface area contributed by atoms with Crippen molar-refractivity contribution in [1.82, 2.24) is 0 Å². The first-order valence-corrected chi connectivity index (χ1v) is 6.46. The van der Waals surface area contributed by atoms with E-state index in [1.165, 1.54) is 0 Å². The van der Waals surface area contributed by atoms with Gasteiger partial charge in [0.25, 0.3) is 0 Å². The Bertz CT molecular complexity index is 501. The third-order valence-electron chi connectivity index (χ3n) is 2.90. The van der Waals surface area contributed by atoms with E-state index in [-0.39, 0.29) is 0 Å². The highest BCUT2D eigenvalue weighted by molar-refractivity contribution is 7.93. The maximum Gasteiger partial charge on any atom is 0.197 e. The van der Waals surface area contributed by atoms with E-state index in [1.807, 2.05) is 26.0 Å². The second-order valence-electron chi connectivity index (χ2n) is 4.34. The van der Waals surface area contributed by atoms with Crippen LogP contribution in [0.3, 0.4) is 0 Å². The molecular weight excluding hydrogens is 210 g/mol. The Balaban J connectivity index is 2.55. The van der Waals surface area contributed by atoms with Crippen LogP contribution in [-0.4, -0.2) is 13.3 Å². The SMILES string of the molecule is Cc1ccc(S(=O)(=O)C2(N)CC2)c(C)c1. The first-order valence-electron chi connectivity index (χ1n) is 4.98. The predicted molar refractivity (Wildman–Crippen MR) is 59.3 cm³/mol. The third-order valence-corrected chi connectivity index (χ3v) is 5.41. The molecule has 0 heterocycles. The van der Waals surface area contributed by atoms with Gasteiger partial charge >= 0.3 is 0 Å². The van der Waals surface area contributed by atoms with Crippen molar-refractivity contribution < 1.29 is 8.42 Å². The quantitative estimate of drug-likeness (QED) is 0.830. The highest BCUT2D eigenvalue weighted by atomic mass is 32.2. The zero-order valence-corrected chi connectivity index (χ0v) is 9.76. The van der Waals surface area contributed by atoms with Crippen molar-refractivity contribution in [2.24, 2.45) is 5.73 Å². The summed E-state index contributed by atoms with van der Waals surface area (Å²) >= 11 is 0. The van der Waals surface area contributed by atoms with Gasteiger partial charge in [0.05, 0.1) is 4.90 Å². The van der Waals surface area contributed by atoms with Crippen molar-refractivity contribution in [3.8, 4) is 0 Å². The molecule has 2 rings (SSSR count). The molecule has 0 spiro atoms. The summed E-state index contributed by atoms with van der Waals surface area (Å²) in [6, 6.07) is 5.34. The lowest BCUT2D eigenvalue weighted by Crippen LogP contribution is -2.33. The smallest absolute Gasteiger partial charge is 0.197 e. The largest absolute Gasteiger partial charge is 0.312 e. The summed E-state index contributed by atoms with van der Waals surface area (Å²) in [6.45, 7) is 3.75. The fraction of sp³-hybridized carbons (Fsp3) is 0.455. The second kappa shape index (κ2) is 3.06. The number of hydrogen-bond donors (Lipinski definition) is 1. The molecule has 0 amide bonds. The molecule has 1 aliphatic rings. The van der Waals surface area contributed by atoms with E-state index in [1.54, 1.807) is 6.07 Å². The Morgan fingerprint density at radius 1 is 1.27 bits per heavy atom. The predicted octanol–water partition coefficient (Wildman–Crippen LogP) is 1.53.